The Morgan fingerprint density at radius 2 is 1.77 bits per heavy atom. The summed E-state index contributed by atoms with van der Waals surface area (Å²) in [6.07, 6.45) is 2.45. The van der Waals surface area contributed by atoms with E-state index >= 15 is 0 Å². The molecule has 0 aliphatic carbocycles. The number of hydrazone groups is 1. The predicted molar refractivity (Wildman–Crippen MR) is 121 cm³/mol. The van der Waals surface area contributed by atoms with Gasteiger partial charge in [0.05, 0.1) is 12.8 Å². The molecule has 2 amide bonds. The van der Waals surface area contributed by atoms with E-state index in [1.807, 2.05) is 47.2 Å². The Kier molecular flexibility index (Phi) is 6.21. The van der Waals surface area contributed by atoms with Crippen LogP contribution < -0.4 is 15.1 Å². The fraction of sp³-hybridized carbons (Fsp3) is 0.375. The standard InChI is InChI=1S/C24H28N4O3/c1-17-10-15-28(26-17)21-8-6-18(7-9-21)24(30)27-13-11-20(12-14-27)25-23(29)19-4-3-5-22(16-19)31-2/h3-9,16,20H,10-15H2,1-2H3,(H,25,29). The molecule has 0 radical (unpaired) electrons. The fourth-order valence-electron chi connectivity index (χ4n) is 3.98. The van der Waals surface area contributed by atoms with E-state index < -0.39 is 0 Å². The van der Waals surface area contributed by atoms with Crippen molar-refractivity contribution in [2.24, 2.45) is 5.10 Å². The Morgan fingerprint density at radius 1 is 1.03 bits per heavy atom. The highest BCUT2D eigenvalue weighted by molar-refractivity contribution is 5.95. The van der Waals surface area contributed by atoms with Crippen molar-refractivity contribution in [3.8, 4) is 5.75 Å². The molecule has 7 heteroatoms. The molecule has 2 aliphatic rings. The minimum Gasteiger partial charge on any atom is -0.497 e. The minimum atomic E-state index is -0.112. The van der Waals surface area contributed by atoms with Crippen molar-refractivity contribution in [3.63, 3.8) is 0 Å². The Balaban J connectivity index is 1.30. The first-order chi connectivity index (χ1) is 15.0. The number of carbonyl (C=O) groups excluding carboxylic acids is 2. The lowest BCUT2D eigenvalue weighted by Crippen LogP contribution is -2.46. The van der Waals surface area contributed by atoms with Gasteiger partial charge in [-0.05, 0) is 62.2 Å². The highest BCUT2D eigenvalue weighted by atomic mass is 16.5. The van der Waals surface area contributed by atoms with Crippen molar-refractivity contribution < 1.29 is 14.3 Å². The molecule has 2 aromatic carbocycles. The lowest BCUT2D eigenvalue weighted by Gasteiger charge is -2.32. The molecule has 2 aliphatic heterocycles. The van der Waals surface area contributed by atoms with E-state index in [0.29, 0.717) is 30.0 Å². The first-order valence-corrected chi connectivity index (χ1v) is 10.7. The summed E-state index contributed by atoms with van der Waals surface area (Å²) >= 11 is 0. The van der Waals surface area contributed by atoms with Crippen LogP contribution in [-0.4, -0.2) is 55.2 Å². The van der Waals surface area contributed by atoms with Gasteiger partial charge in [0.1, 0.15) is 5.75 Å². The van der Waals surface area contributed by atoms with E-state index in [2.05, 4.69) is 10.4 Å². The molecular weight excluding hydrogens is 392 g/mol. The zero-order chi connectivity index (χ0) is 21.8. The minimum absolute atomic E-state index is 0.0326. The molecular formula is C24H28N4O3. The average Bonchev–Trinajstić information content (AvgIpc) is 3.25. The maximum atomic E-state index is 12.9. The molecule has 2 aromatic rings. The van der Waals surface area contributed by atoms with Gasteiger partial charge in [-0.15, -0.1) is 0 Å². The van der Waals surface area contributed by atoms with Crippen molar-refractivity contribution >= 4 is 23.2 Å². The maximum Gasteiger partial charge on any atom is 0.253 e. The predicted octanol–water partition coefficient (Wildman–Crippen LogP) is 3.32. The van der Waals surface area contributed by atoms with E-state index in [-0.39, 0.29) is 17.9 Å². The van der Waals surface area contributed by atoms with E-state index in [0.717, 1.165) is 37.2 Å². The third-order valence-electron chi connectivity index (χ3n) is 5.84. The van der Waals surface area contributed by atoms with Gasteiger partial charge in [0, 0.05) is 48.9 Å². The summed E-state index contributed by atoms with van der Waals surface area (Å²) in [6, 6.07) is 14.8. The number of nitrogens with zero attached hydrogens (tertiary/aromatic N) is 3. The second kappa shape index (κ2) is 9.20. The lowest BCUT2D eigenvalue weighted by atomic mass is 10.0. The summed E-state index contributed by atoms with van der Waals surface area (Å²) in [5, 5.41) is 9.55. The summed E-state index contributed by atoms with van der Waals surface area (Å²) in [7, 11) is 1.58. The van der Waals surface area contributed by atoms with Crippen molar-refractivity contribution in [1.29, 1.82) is 0 Å². The Morgan fingerprint density at radius 3 is 2.42 bits per heavy atom. The van der Waals surface area contributed by atoms with Crippen LogP contribution in [0.2, 0.25) is 0 Å². The summed E-state index contributed by atoms with van der Waals surface area (Å²) in [5.74, 6) is 0.579. The van der Waals surface area contributed by atoms with E-state index in [1.54, 1.807) is 25.3 Å². The van der Waals surface area contributed by atoms with Gasteiger partial charge in [-0.1, -0.05) is 6.07 Å². The molecule has 7 nitrogen and oxygen atoms in total. The topological polar surface area (TPSA) is 74.2 Å². The largest absolute Gasteiger partial charge is 0.497 e. The monoisotopic (exact) mass is 420 g/mol. The highest BCUT2D eigenvalue weighted by Crippen LogP contribution is 2.22. The van der Waals surface area contributed by atoms with Gasteiger partial charge in [-0.3, -0.25) is 14.6 Å². The second-order valence-corrected chi connectivity index (χ2v) is 8.03. The Hall–Kier alpha value is -3.35. The number of amides is 2. The number of nitrogens with one attached hydrogen (secondary N) is 1. The van der Waals surface area contributed by atoms with Crippen LogP contribution >= 0.6 is 0 Å². The number of hydrogen-bond donors (Lipinski definition) is 1. The van der Waals surface area contributed by atoms with Gasteiger partial charge >= 0.3 is 0 Å². The Bertz CT molecular complexity index is 979. The smallest absolute Gasteiger partial charge is 0.253 e. The van der Waals surface area contributed by atoms with Crippen LogP contribution in [0.25, 0.3) is 0 Å². The molecule has 2 heterocycles. The molecule has 162 valence electrons. The third-order valence-corrected chi connectivity index (χ3v) is 5.84. The highest BCUT2D eigenvalue weighted by Gasteiger charge is 2.25. The fourth-order valence-corrected chi connectivity index (χ4v) is 3.98. The summed E-state index contributed by atoms with van der Waals surface area (Å²) in [4.78, 5) is 27.3. The zero-order valence-corrected chi connectivity index (χ0v) is 18.0. The molecule has 31 heavy (non-hydrogen) atoms. The van der Waals surface area contributed by atoms with E-state index in [4.69, 9.17) is 4.74 Å². The van der Waals surface area contributed by atoms with Crippen LogP contribution in [0.4, 0.5) is 5.69 Å². The first-order valence-electron chi connectivity index (χ1n) is 10.7. The van der Waals surface area contributed by atoms with Gasteiger partial charge < -0.3 is 15.0 Å². The summed E-state index contributed by atoms with van der Waals surface area (Å²) in [5.41, 5.74) is 3.40. The molecule has 4 rings (SSSR count). The Labute approximate surface area is 182 Å². The van der Waals surface area contributed by atoms with Crippen LogP contribution in [0.3, 0.4) is 0 Å². The summed E-state index contributed by atoms with van der Waals surface area (Å²) in [6.45, 7) is 4.16. The van der Waals surface area contributed by atoms with Crippen molar-refractivity contribution in [2.45, 2.75) is 32.2 Å². The molecule has 0 aromatic heterocycles. The number of ether oxygens (including phenoxy) is 1. The normalized spacial score (nSPS) is 16.8. The van der Waals surface area contributed by atoms with Crippen LogP contribution in [0.1, 0.15) is 46.9 Å². The number of piperidine rings is 1. The number of rotatable bonds is 5. The van der Waals surface area contributed by atoms with Crippen LogP contribution in [0.5, 0.6) is 5.75 Å². The first kappa shape index (κ1) is 20.9. The maximum absolute atomic E-state index is 12.9. The van der Waals surface area contributed by atoms with Crippen LogP contribution in [0.15, 0.2) is 53.6 Å². The van der Waals surface area contributed by atoms with Crippen molar-refractivity contribution in [1.82, 2.24) is 10.2 Å². The molecule has 1 saturated heterocycles. The van der Waals surface area contributed by atoms with Crippen molar-refractivity contribution in [2.75, 3.05) is 31.8 Å². The molecule has 1 N–H and O–H groups in total. The number of carbonyl (C=O) groups is 2. The van der Waals surface area contributed by atoms with Gasteiger partial charge in [0.25, 0.3) is 11.8 Å². The van der Waals surface area contributed by atoms with Crippen LogP contribution in [-0.2, 0) is 0 Å². The number of methoxy groups -OCH3 is 1. The van der Waals surface area contributed by atoms with Gasteiger partial charge in [0.2, 0.25) is 0 Å². The quantitative estimate of drug-likeness (QED) is 0.805. The van der Waals surface area contributed by atoms with E-state index in [9.17, 15) is 9.59 Å². The van der Waals surface area contributed by atoms with E-state index in [1.165, 1.54) is 0 Å². The zero-order valence-electron chi connectivity index (χ0n) is 18.0. The third kappa shape index (κ3) is 4.87. The molecule has 0 unspecified atom stereocenters. The van der Waals surface area contributed by atoms with Crippen LogP contribution in [0, 0.1) is 0 Å². The molecule has 0 bridgehead atoms. The number of benzene rings is 2. The van der Waals surface area contributed by atoms with Gasteiger partial charge in [-0.25, -0.2) is 0 Å². The van der Waals surface area contributed by atoms with Gasteiger partial charge in [0.15, 0.2) is 0 Å². The summed E-state index contributed by atoms with van der Waals surface area (Å²) < 4.78 is 5.19. The van der Waals surface area contributed by atoms with Crippen molar-refractivity contribution in [3.05, 3.63) is 59.7 Å². The molecule has 1 fully saturated rings. The molecule has 0 spiro atoms. The number of hydrogen-bond acceptors (Lipinski definition) is 5. The molecule has 0 saturated carbocycles. The second-order valence-electron chi connectivity index (χ2n) is 8.03. The lowest BCUT2D eigenvalue weighted by molar-refractivity contribution is 0.0698. The average molecular weight is 421 g/mol. The van der Waals surface area contributed by atoms with Gasteiger partial charge in [-0.2, -0.15) is 5.10 Å². The SMILES string of the molecule is COc1cccc(C(=O)NC2CCN(C(=O)c3ccc(N4CCC(C)=N4)cc3)CC2)c1. The number of likely N-dealkylation sites (tertiary alicyclic amines) is 1. The molecule has 0 atom stereocenters. The number of anilines is 1.